The number of hydrogen-bond acceptors (Lipinski definition) is 3. The molecule has 0 aromatic carbocycles. The van der Waals surface area contributed by atoms with E-state index in [-0.39, 0.29) is 6.42 Å². The monoisotopic (exact) mass is 221 g/mol. The molecule has 80 valence electrons. The first kappa shape index (κ1) is 12.7. The van der Waals surface area contributed by atoms with E-state index >= 15 is 0 Å². The number of rotatable bonds is 4. The molecule has 4 nitrogen and oxygen atoms in total. The first-order valence-electron chi connectivity index (χ1n) is 3.47. The summed E-state index contributed by atoms with van der Waals surface area (Å²) >= 11 is 0. The van der Waals surface area contributed by atoms with E-state index in [1.54, 1.807) is 6.92 Å². The standard InChI is InChI=1S/C5H10F3NO3S/c1-2-3-4(10)9-13(11,12)5(6,7)8/h4,9-10H,2-3H2,1H3. The van der Waals surface area contributed by atoms with Gasteiger partial charge < -0.3 is 5.11 Å². The van der Waals surface area contributed by atoms with Crippen molar-refractivity contribution in [2.75, 3.05) is 0 Å². The average molecular weight is 221 g/mol. The van der Waals surface area contributed by atoms with Crippen LogP contribution in [0.1, 0.15) is 19.8 Å². The third-order valence-electron chi connectivity index (χ3n) is 1.16. The maximum Gasteiger partial charge on any atom is 0.511 e. The number of aliphatic hydroxyl groups excluding tert-OH is 1. The highest BCUT2D eigenvalue weighted by Crippen LogP contribution is 2.21. The van der Waals surface area contributed by atoms with Crippen LogP contribution in [0.2, 0.25) is 0 Å². The number of aliphatic hydroxyl groups is 1. The largest absolute Gasteiger partial charge is 0.511 e. The predicted octanol–water partition coefficient (Wildman–Crippen LogP) is 0.544. The van der Waals surface area contributed by atoms with Crippen LogP contribution >= 0.6 is 0 Å². The molecule has 0 fully saturated rings. The Kier molecular flexibility index (Phi) is 4.14. The van der Waals surface area contributed by atoms with Gasteiger partial charge in [0.25, 0.3) is 0 Å². The summed E-state index contributed by atoms with van der Waals surface area (Å²) in [5.74, 6) is 0. The van der Waals surface area contributed by atoms with Crippen LogP contribution < -0.4 is 4.72 Å². The lowest BCUT2D eigenvalue weighted by molar-refractivity contribution is -0.0466. The van der Waals surface area contributed by atoms with E-state index < -0.39 is 21.8 Å². The molecule has 0 spiro atoms. The molecule has 0 aliphatic rings. The molecule has 0 rings (SSSR count). The van der Waals surface area contributed by atoms with Crippen molar-refractivity contribution in [2.24, 2.45) is 0 Å². The lowest BCUT2D eigenvalue weighted by Crippen LogP contribution is -2.42. The first-order chi connectivity index (χ1) is 5.70. The molecule has 0 radical (unpaired) electrons. The van der Waals surface area contributed by atoms with Gasteiger partial charge in [0.05, 0.1) is 0 Å². The maximum absolute atomic E-state index is 11.7. The molecule has 0 bridgehead atoms. The molecule has 0 heterocycles. The molecule has 8 heteroatoms. The van der Waals surface area contributed by atoms with Crippen LogP contribution in [-0.2, 0) is 10.0 Å². The van der Waals surface area contributed by atoms with E-state index in [4.69, 9.17) is 5.11 Å². The molecule has 0 saturated heterocycles. The normalized spacial score (nSPS) is 15.8. The Morgan fingerprint density at radius 3 is 2.23 bits per heavy atom. The maximum atomic E-state index is 11.7. The van der Waals surface area contributed by atoms with Crippen LogP contribution in [-0.4, -0.2) is 25.3 Å². The molecular formula is C5H10F3NO3S. The van der Waals surface area contributed by atoms with E-state index in [0.29, 0.717) is 6.42 Å². The van der Waals surface area contributed by atoms with E-state index in [0.717, 1.165) is 4.72 Å². The summed E-state index contributed by atoms with van der Waals surface area (Å²) in [7, 11) is -5.42. The van der Waals surface area contributed by atoms with Gasteiger partial charge in [-0.3, -0.25) is 0 Å². The van der Waals surface area contributed by atoms with Crippen LogP contribution in [0.4, 0.5) is 13.2 Å². The van der Waals surface area contributed by atoms with Crippen molar-refractivity contribution < 1.29 is 26.7 Å². The quantitative estimate of drug-likeness (QED) is 0.681. The number of halogens is 3. The second kappa shape index (κ2) is 4.25. The van der Waals surface area contributed by atoms with Gasteiger partial charge in [-0.05, 0) is 6.42 Å². The van der Waals surface area contributed by atoms with Crippen molar-refractivity contribution in [3.8, 4) is 0 Å². The molecule has 13 heavy (non-hydrogen) atoms. The van der Waals surface area contributed by atoms with Crippen LogP contribution in [0, 0.1) is 0 Å². The minimum atomic E-state index is -5.42. The van der Waals surface area contributed by atoms with Gasteiger partial charge in [0, 0.05) is 0 Å². The summed E-state index contributed by atoms with van der Waals surface area (Å²) in [6.07, 6.45) is -1.37. The summed E-state index contributed by atoms with van der Waals surface area (Å²) in [6, 6.07) is 0. The fourth-order valence-electron chi connectivity index (χ4n) is 0.578. The van der Waals surface area contributed by atoms with Crippen LogP contribution in [0.15, 0.2) is 0 Å². The second-order valence-electron chi connectivity index (χ2n) is 2.37. The fourth-order valence-corrected chi connectivity index (χ4v) is 1.19. The molecule has 1 atom stereocenters. The molecule has 1 unspecified atom stereocenters. The van der Waals surface area contributed by atoms with Crippen molar-refractivity contribution in [1.29, 1.82) is 0 Å². The summed E-state index contributed by atoms with van der Waals surface area (Å²) in [4.78, 5) is 0. The van der Waals surface area contributed by atoms with Crippen LogP contribution in [0.25, 0.3) is 0 Å². The molecule has 0 aliphatic heterocycles. The number of sulfonamides is 1. The van der Waals surface area contributed by atoms with Gasteiger partial charge in [0.1, 0.15) is 6.23 Å². The highest BCUT2D eigenvalue weighted by molar-refractivity contribution is 7.90. The highest BCUT2D eigenvalue weighted by atomic mass is 32.2. The zero-order valence-electron chi connectivity index (χ0n) is 6.80. The number of nitrogens with one attached hydrogen (secondary N) is 1. The highest BCUT2D eigenvalue weighted by Gasteiger charge is 2.46. The van der Waals surface area contributed by atoms with Crippen molar-refractivity contribution in [3.63, 3.8) is 0 Å². The Balaban J connectivity index is 4.36. The van der Waals surface area contributed by atoms with E-state index in [1.165, 1.54) is 0 Å². The SMILES string of the molecule is CCCC(O)NS(=O)(=O)C(F)(F)F. The summed E-state index contributed by atoms with van der Waals surface area (Å²) < 4.78 is 56.8. The lowest BCUT2D eigenvalue weighted by atomic mass is 10.3. The van der Waals surface area contributed by atoms with Gasteiger partial charge in [0.15, 0.2) is 0 Å². The Morgan fingerprint density at radius 1 is 1.46 bits per heavy atom. The van der Waals surface area contributed by atoms with Crippen LogP contribution in [0.5, 0.6) is 0 Å². The topological polar surface area (TPSA) is 66.4 Å². The van der Waals surface area contributed by atoms with Gasteiger partial charge >= 0.3 is 15.5 Å². The Bertz CT molecular complexity index is 248. The minimum absolute atomic E-state index is 0.0602. The van der Waals surface area contributed by atoms with E-state index in [9.17, 15) is 21.6 Å². The molecule has 0 aliphatic carbocycles. The van der Waals surface area contributed by atoms with Crippen molar-refractivity contribution in [1.82, 2.24) is 4.72 Å². The summed E-state index contributed by atoms with van der Waals surface area (Å²) in [5.41, 5.74) is -5.37. The van der Waals surface area contributed by atoms with Gasteiger partial charge in [-0.1, -0.05) is 13.3 Å². The van der Waals surface area contributed by atoms with E-state index in [1.807, 2.05) is 0 Å². The molecule has 0 saturated carbocycles. The first-order valence-corrected chi connectivity index (χ1v) is 4.95. The molecule has 0 aromatic rings. The summed E-state index contributed by atoms with van der Waals surface area (Å²) in [5, 5.41) is 8.76. The Hall–Kier alpha value is -0.340. The Labute approximate surface area is 73.8 Å². The second-order valence-corrected chi connectivity index (χ2v) is 4.08. The Morgan fingerprint density at radius 2 is 1.92 bits per heavy atom. The molecule has 2 N–H and O–H groups in total. The van der Waals surface area contributed by atoms with Gasteiger partial charge in [-0.15, -0.1) is 0 Å². The van der Waals surface area contributed by atoms with Crippen molar-refractivity contribution in [3.05, 3.63) is 0 Å². The van der Waals surface area contributed by atoms with Crippen molar-refractivity contribution in [2.45, 2.75) is 31.5 Å². The number of alkyl halides is 3. The average Bonchev–Trinajstić information content (AvgIpc) is 1.83. The number of hydrogen-bond donors (Lipinski definition) is 2. The minimum Gasteiger partial charge on any atom is -0.378 e. The van der Waals surface area contributed by atoms with Crippen molar-refractivity contribution >= 4 is 10.0 Å². The molecule has 0 amide bonds. The van der Waals surface area contributed by atoms with Crippen LogP contribution in [0.3, 0.4) is 0 Å². The zero-order chi connectivity index (χ0) is 10.7. The lowest BCUT2D eigenvalue weighted by Gasteiger charge is -2.13. The molecule has 0 aromatic heterocycles. The smallest absolute Gasteiger partial charge is 0.378 e. The predicted molar refractivity (Wildman–Crippen MR) is 39.0 cm³/mol. The molecular weight excluding hydrogens is 211 g/mol. The third kappa shape index (κ3) is 3.92. The van der Waals surface area contributed by atoms with E-state index in [2.05, 4.69) is 0 Å². The summed E-state index contributed by atoms with van der Waals surface area (Å²) in [6.45, 7) is 1.60. The fraction of sp³-hybridized carbons (Fsp3) is 1.00. The zero-order valence-corrected chi connectivity index (χ0v) is 7.61. The van der Waals surface area contributed by atoms with Gasteiger partial charge in [-0.25, -0.2) is 8.42 Å². The third-order valence-corrected chi connectivity index (χ3v) is 2.35. The van der Waals surface area contributed by atoms with Gasteiger partial charge in [0.2, 0.25) is 0 Å². The van der Waals surface area contributed by atoms with Gasteiger partial charge in [-0.2, -0.15) is 17.9 Å².